The largest absolute Gasteiger partial charge is 0.468 e. The van der Waals surface area contributed by atoms with E-state index in [-0.39, 0.29) is 5.91 Å². The van der Waals surface area contributed by atoms with Crippen molar-refractivity contribution in [2.45, 2.75) is 25.0 Å². The number of rotatable bonds is 7. The molecule has 0 spiro atoms. The minimum atomic E-state index is -0.00112. The molecule has 128 valence electrons. The Bertz CT molecular complexity index is 619. The van der Waals surface area contributed by atoms with E-state index in [1.807, 2.05) is 24.3 Å². The van der Waals surface area contributed by atoms with Crippen LogP contribution in [-0.2, 0) is 5.75 Å². The number of hydrogen-bond acceptors (Lipinski definition) is 4. The molecule has 0 saturated carbocycles. The van der Waals surface area contributed by atoms with E-state index in [1.54, 1.807) is 18.0 Å². The van der Waals surface area contributed by atoms with Crippen LogP contribution in [0, 0.1) is 0 Å². The number of nitrogens with one attached hydrogen (secondary N) is 1. The molecule has 2 aromatic rings. The standard InChI is InChI=1S/C19H24N2O2S/c22-19(20-10-14-24-15-18-5-4-13-23-18)16-6-8-17(9-7-16)21-11-2-1-3-12-21/h4-9,13H,1-3,10-12,14-15H2,(H,20,22). The molecule has 0 unspecified atom stereocenters. The Balaban J connectivity index is 1.39. The molecule has 1 fully saturated rings. The van der Waals surface area contributed by atoms with Gasteiger partial charge in [-0.3, -0.25) is 4.79 Å². The Morgan fingerprint density at radius 3 is 2.62 bits per heavy atom. The molecule has 1 aliphatic rings. The molecule has 0 radical (unpaired) electrons. The van der Waals surface area contributed by atoms with Crippen molar-refractivity contribution in [3.8, 4) is 0 Å². The van der Waals surface area contributed by atoms with Gasteiger partial charge in [0, 0.05) is 36.6 Å². The quantitative estimate of drug-likeness (QED) is 0.773. The van der Waals surface area contributed by atoms with Gasteiger partial charge in [0.05, 0.1) is 12.0 Å². The number of carbonyl (C=O) groups excluding carboxylic acids is 1. The zero-order valence-corrected chi connectivity index (χ0v) is 14.7. The average Bonchev–Trinajstić information content (AvgIpc) is 3.16. The molecule has 0 bridgehead atoms. The number of amides is 1. The molecular weight excluding hydrogens is 320 g/mol. The smallest absolute Gasteiger partial charge is 0.251 e. The van der Waals surface area contributed by atoms with Gasteiger partial charge in [0.2, 0.25) is 0 Å². The molecule has 1 aromatic carbocycles. The van der Waals surface area contributed by atoms with E-state index in [4.69, 9.17) is 4.42 Å². The van der Waals surface area contributed by atoms with Gasteiger partial charge in [-0.25, -0.2) is 0 Å². The molecule has 3 rings (SSSR count). The molecule has 1 amide bonds. The number of benzene rings is 1. The number of anilines is 1. The van der Waals surface area contributed by atoms with Gasteiger partial charge in [0.15, 0.2) is 0 Å². The van der Waals surface area contributed by atoms with Crippen LogP contribution in [0.4, 0.5) is 5.69 Å². The summed E-state index contributed by atoms with van der Waals surface area (Å²) in [6.45, 7) is 2.91. The summed E-state index contributed by atoms with van der Waals surface area (Å²) in [5.41, 5.74) is 1.95. The molecule has 24 heavy (non-hydrogen) atoms. The fourth-order valence-corrected chi connectivity index (χ4v) is 3.64. The Hall–Kier alpha value is -1.88. The first-order valence-electron chi connectivity index (χ1n) is 8.56. The second-order valence-electron chi connectivity index (χ2n) is 5.98. The highest BCUT2D eigenvalue weighted by Crippen LogP contribution is 2.20. The number of carbonyl (C=O) groups is 1. The van der Waals surface area contributed by atoms with Gasteiger partial charge >= 0.3 is 0 Å². The molecule has 1 saturated heterocycles. The minimum absolute atomic E-state index is 0.00112. The van der Waals surface area contributed by atoms with Crippen LogP contribution in [0.2, 0.25) is 0 Å². The van der Waals surface area contributed by atoms with Gasteiger partial charge in [0.25, 0.3) is 5.91 Å². The summed E-state index contributed by atoms with van der Waals surface area (Å²) in [6, 6.07) is 11.8. The molecule has 2 heterocycles. The Morgan fingerprint density at radius 2 is 1.92 bits per heavy atom. The van der Waals surface area contributed by atoms with E-state index < -0.39 is 0 Å². The molecule has 4 nitrogen and oxygen atoms in total. The van der Waals surface area contributed by atoms with Gasteiger partial charge in [-0.1, -0.05) is 0 Å². The maximum atomic E-state index is 12.2. The summed E-state index contributed by atoms with van der Waals surface area (Å²) >= 11 is 1.75. The summed E-state index contributed by atoms with van der Waals surface area (Å²) < 4.78 is 5.28. The van der Waals surface area contributed by atoms with E-state index in [9.17, 15) is 4.79 Å². The lowest BCUT2D eigenvalue weighted by Crippen LogP contribution is -2.29. The summed E-state index contributed by atoms with van der Waals surface area (Å²) in [6.07, 6.45) is 5.54. The number of furan rings is 1. The normalized spacial score (nSPS) is 14.6. The second kappa shape index (κ2) is 8.83. The van der Waals surface area contributed by atoms with Crippen molar-refractivity contribution in [1.29, 1.82) is 0 Å². The monoisotopic (exact) mass is 344 g/mol. The zero-order chi connectivity index (χ0) is 16.6. The van der Waals surface area contributed by atoms with Crippen molar-refractivity contribution in [3.63, 3.8) is 0 Å². The van der Waals surface area contributed by atoms with Crippen molar-refractivity contribution in [1.82, 2.24) is 5.32 Å². The summed E-state index contributed by atoms with van der Waals surface area (Å²) in [4.78, 5) is 14.6. The van der Waals surface area contributed by atoms with E-state index in [0.717, 1.165) is 35.9 Å². The number of thioether (sulfide) groups is 1. The maximum absolute atomic E-state index is 12.2. The molecule has 1 N–H and O–H groups in total. The highest BCUT2D eigenvalue weighted by Gasteiger charge is 2.11. The summed E-state index contributed by atoms with van der Waals surface area (Å²) in [7, 11) is 0. The molecule has 1 aromatic heterocycles. The van der Waals surface area contributed by atoms with Crippen molar-refractivity contribution >= 4 is 23.4 Å². The third-order valence-corrected chi connectivity index (χ3v) is 5.19. The fourth-order valence-electron chi connectivity index (χ4n) is 2.88. The number of hydrogen-bond donors (Lipinski definition) is 1. The van der Waals surface area contributed by atoms with Crippen molar-refractivity contribution in [2.75, 3.05) is 30.3 Å². The van der Waals surface area contributed by atoms with Gasteiger partial charge in [-0.15, -0.1) is 0 Å². The van der Waals surface area contributed by atoms with Crippen LogP contribution in [0.3, 0.4) is 0 Å². The van der Waals surface area contributed by atoms with Crippen LogP contribution in [0.15, 0.2) is 47.1 Å². The number of piperidine rings is 1. The molecule has 0 aliphatic carbocycles. The minimum Gasteiger partial charge on any atom is -0.468 e. The third-order valence-electron chi connectivity index (χ3n) is 4.21. The van der Waals surface area contributed by atoms with Gasteiger partial charge < -0.3 is 14.6 Å². The molecule has 1 aliphatic heterocycles. The van der Waals surface area contributed by atoms with Crippen LogP contribution in [0.5, 0.6) is 0 Å². The molecular formula is C19H24N2O2S. The first-order valence-corrected chi connectivity index (χ1v) is 9.72. The summed E-state index contributed by atoms with van der Waals surface area (Å²) in [5.74, 6) is 2.68. The second-order valence-corrected chi connectivity index (χ2v) is 7.09. The average molecular weight is 344 g/mol. The van der Waals surface area contributed by atoms with Crippen LogP contribution in [-0.4, -0.2) is 31.3 Å². The van der Waals surface area contributed by atoms with Crippen molar-refractivity contribution in [2.24, 2.45) is 0 Å². The van der Waals surface area contributed by atoms with Crippen LogP contribution < -0.4 is 10.2 Å². The van der Waals surface area contributed by atoms with Crippen LogP contribution in [0.25, 0.3) is 0 Å². The van der Waals surface area contributed by atoms with Gasteiger partial charge in [-0.05, 0) is 55.7 Å². The van der Waals surface area contributed by atoms with Crippen molar-refractivity contribution < 1.29 is 9.21 Å². The lowest BCUT2D eigenvalue weighted by Gasteiger charge is -2.28. The van der Waals surface area contributed by atoms with Gasteiger partial charge in [0.1, 0.15) is 5.76 Å². The van der Waals surface area contributed by atoms with Crippen molar-refractivity contribution in [3.05, 3.63) is 54.0 Å². The lowest BCUT2D eigenvalue weighted by molar-refractivity contribution is 0.0956. The van der Waals surface area contributed by atoms with Crippen LogP contribution in [0.1, 0.15) is 35.4 Å². The Labute approximate surface area is 147 Å². The number of nitrogens with zero attached hydrogens (tertiary/aromatic N) is 1. The van der Waals surface area contributed by atoms with Gasteiger partial charge in [-0.2, -0.15) is 11.8 Å². The Kier molecular flexibility index (Phi) is 6.24. The third kappa shape index (κ3) is 4.81. The van der Waals surface area contributed by atoms with E-state index in [0.29, 0.717) is 6.54 Å². The SMILES string of the molecule is O=C(NCCSCc1ccco1)c1ccc(N2CCCCC2)cc1. The fraction of sp³-hybridized carbons (Fsp3) is 0.421. The van der Waals surface area contributed by atoms with E-state index in [2.05, 4.69) is 22.3 Å². The predicted molar refractivity (Wildman–Crippen MR) is 99.7 cm³/mol. The molecule has 0 atom stereocenters. The molecule has 5 heteroatoms. The Morgan fingerprint density at radius 1 is 1.12 bits per heavy atom. The highest BCUT2D eigenvalue weighted by atomic mass is 32.2. The first-order chi connectivity index (χ1) is 11.8. The zero-order valence-electron chi connectivity index (χ0n) is 13.9. The van der Waals surface area contributed by atoms with E-state index in [1.165, 1.54) is 24.9 Å². The van der Waals surface area contributed by atoms with E-state index >= 15 is 0 Å². The maximum Gasteiger partial charge on any atom is 0.251 e. The first kappa shape index (κ1) is 17.0. The van der Waals surface area contributed by atoms with Crippen LogP contribution >= 0.6 is 11.8 Å². The summed E-state index contributed by atoms with van der Waals surface area (Å²) in [5, 5.41) is 2.97. The predicted octanol–water partition coefficient (Wildman–Crippen LogP) is 3.93. The topological polar surface area (TPSA) is 45.5 Å². The highest BCUT2D eigenvalue weighted by molar-refractivity contribution is 7.98. The lowest BCUT2D eigenvalue weighted by atomic mass is 10.1.